The van der Waals surface area contributed by atoms with Gasteiger partial charge in [0, 0.05) is 11.4 Å². The van der Waals surface area contributed by atoms with Crippen LogP contribution in [0.15, 0.2) is 72.8 Å². The molecule has 0 bridgehead atoms. The summed E-state index contributed by atoms with van der Waals surface area (Å²) in [5.74, 6) is -2.91. The van der Waals surface area contributed by atoms with Gasteiger partial charge in [-0.3, -0.25) is 14.4 Å². The molecular weight excluding hydrogens is 632 g/mol. The van der Waals surface area contributed by atoms with Gasteiger partial charge >= 0.3 is 5.97 Å². The zero-order chi connectivity index (χ0) is 33.5. The first-order valence-corrected chi connectivity index (χ1v) is 16.3. The van der Waals surface area contributed by atoms with Crippen molar-refractivity contribution < 1.29 is 42.9 Å². The Morgan fingerprint density at radius 1 is 0.915 bits per heavy atom. The van der Waals surface area contributed by atoms with Crippen molar-refractivity contribution in [3.63, 3.8) is 0 Å². The van der Waals surface area contributed by atoms with Gasteiger partial charge in [-0.25, -0.2) is 13.6 Å². The van der Waals surface area contributed by atoms with Gasteiger partial charge in [0.05, 0.1) is 18.7 Å². The zero-order valence-corrected chi connectivity index (χ0v) is 26.1. The summed E-state index contributed by atoms with van der Waals surface area (Å²) < 4.78 is 32.5. The van der Waals surface area contributed by atoms with Gasteiger partial charge in [0.2, 0.25) is 11.8 Å². The third-order valence-electron chi connectivity index (χ3n) is 8.33. The number of thioether (sulfide) groups is 1. The van der Waals surface area contributed by atoms with Gasteiger partial charge in [-0.05, 0) is 78.4 Å². The number of amides is 3. The minimum Gasteiger partial charge on any atom is -0.484 e. The molecule has 0 aromatic heterocycles. The minimum atomic E-state index is -1.09. The van der Waals surface area contributed by atoms with Gasteiger partial charge < -0.3 is 30.5 Å². The highest BCUT2D eigenvalue weighted by Crippen LogP contribution is 2.46. The second-order valence-electron chi connectivity index (χ2n) is 11.5. The van der Waals surface area contributed by atoms with E-state index in [1.165, 1.54) is 60.3 Å². The number of ether oxygens (including phenoxy) is 1. The quantitative estimate of drug-likeness (QED) is 0.188. The summed E-state index contributed by atoms with van der Waals surface area (Å²) in [4.78, 5) is 51.1. The summed E-state index contributed by atoms with van der Waals surface area (Å²) in [5.41, 5.74) is 1.78. The molecule has 4 atom stereocenters. The van der Waals surface area contributed by atoms with Crippen molar-refractivity contribution in [2.75, 3.05) is 23.8 Å². The van der Waals surface area contributed by atoms with E-state index >= 15 is 0 Å². The Balaban J connectivity index is 1.17. The van der Waals surface area contributed by atoms with E-state index in [1.807, 2.05) is 0 Å². The lowest BCUT2D eigenvalue weighted by atomic mass is 9.92. The number of β-lactam (4-membered cyclic amide) rings is 1. The topological polar surface area (TPSA) is 145 Å². The molecule has 5 rings (SSSR count). The van der Waals surface area contributed by atoms with Gasteiger partial charge in [0.25, 0.3) is 5.91 Å². The van der Waals surface area contributed by atoms with E-state index in [9.17, 15) is 38.2 Å². The number of nitrogens with one attached hydrogen (secondary N) is 2. The lowest BCUT2D eigenvalue weighted by Gasteiger charge is -2.47. The minimum absolute atomic E-state index is 0.124. The number of benzene rings is 3. The van der Waals surface area contributed by atoms with Crippen LogP contribution in [0, 0.1) is 17.6 Å². The first-order chi connectivity index (χ1) is 22.6. The van der Waals surface area contributed by atoms with E-state index in [-0.39, 0.29) is 30.7 Å². The number of aliphatic hydroxyl groups is 1. The van der Waals surface area contributed by atoms with Gasteiger partial charge in [-0.15, -0.1) is 11.8 Å². The van der Waals surface area contributed by atoms with Crippen LogP contribution in [-0.2, 0) is 19.2 Å². The Bertz CT molecular complexity index is 1570. The number of nitrogens with zero attached hydrogens (tertiary/aromatic N) is 1. The Morgan fingerprint density at radius 3 is 2.15 bits per heavy atom. The van der Waals surface area contributed by atoms with Crippen molar-refractivity contribution in [3.8, 4) is 5.75 Å². The molecule has 3 amide bonds. The predicted octanol–water partition coefficient (Wildman–Crippen LogP) is 4.14. The van der Waals surface area contributed by atoms with Gasteiger partial charge in [-0.1, -0.05) is 37.1 Å². The predicted molar refractivity (Wildman–Crippen MR) is 171 cm³/mol. The number of rotatable bonds is 14. The van der Waals surface area contributed by atoms with E-state index in [2.05, 4.69) is 10.6 Å². The largest absolute Gasteiger partial charge is 0.484 e. The molecule has 1 saturated heterocycles. The molecule has 2 fully saturated rings. The van der Waals surface area contributed by atoms with Crippen molar-refractivity contribution in [2.24, 2.45) is 5.92 Å². The summed E-state index contributed by atoms with van der Waals surface area (Å²) >= 11 is 1.26. The molecule has 4 N–H and O–H groups in total. The first kappa shape index (κ1) is 33.9. The Hall–Kier alpha value is -4.49. The molecule has 1 heterocycles. The number of carbonyl (C=O) groups is 4. The fraction of sp³-hybridized carbons (Fsp3) is 0.353. The van der Waals surface area contributed by atoms with Gasteiger partial charge in [0.15, 0.2) is 6.61 Å². The molecule has 3 aromatic carbocycles. The summed E-state index contributed by atoms with van der Waals surface area (Å²) in [6, 6.07) is 16.4. The standard InChI is InChI=1S/C34H35F2N3O7S/c35-23-9-5-20(6-10-23)27(40)19-47-32-31(39(33(32)43)25-13-11-24(36)12-14-25)22-7-15-26(16-8-22)46-18-29(42)37-17-28(41)38-30(34(44)45)21-3-1-2-4-21/h5-16,21,27,30-32,40H,1-4,17-19H2,(H,37,42)(H,38,41)(H,44,45)/t27?,30-,31-,32-/m1/s1. The van der Waals surface area contributed by atoms with Crippen molar-refractivity contribution in [2.45, 2.75) is 49.1 Å². The molecule has 47 heavy (non-hydrogen) atoms. The molecule has 10 nitrogen and oxygen atoms in total. The maximum atomic E-state index is 13.6. The Labute approximate surface area is 274 Å². The lowest BCUT2D eigenvalue weighted by molar-refractivity contribution is -0.143. The van der Waals surface area contributed by atoms with E-state index in [0.29, 0.717) is 17.0 Å². The second kappa shape index (κ2) is 15.4. The number of anilines is 1. The van der Waals surface area contributed by atoms with Crippen LogP contribution in [0.4, 0.5) is 14.5 Å². The molecule has 13 heteroatoms. The SMILES string of the molecule is O=C(COc1ccc([C@@H]2[C@@H](SCC(O)c3ccc(F)cc3)C(=O)N2c2ccc(F)cc2)cc1)NCC(=O)N[C@@H](C(=O)O)C1CCCC1. The third kappa shape index (κ3) is 8.46. The third-order valence-corrected chi connectivity index (χ3v) is 9.66. The summed E-state index contributed by atoms with van der Waals surface area (Å²) in [7, 11) is 0. The molecule has 1 aliphatic carbocycles. The Morgan fingerprint density at radius 2 is 1.53 bits per heavy atom. The normalized spacial score (nSPS) is 19.0. The fourth-order valence-electron chi connectivity index (χ4n) is 5.85. The Kier molecular flexibility index (Phi) is 11.1. The molecule has 3 aromatic rings. The molecule has 0 radical (unpaired) electrons. The highest BCUT2D eigenvalue weighted by Gasteiger charge is 2.49. The molecule has 1 aliphatic heterocycles. The van der Waals surface area contributed by atoms with Crippen LogP contribution in [0.25, 0.3) is 0 Å². The highest BCUT2D eigenvalue weighted by atomic mass is 32.2. The first-order valence-electron chi connectivity index (χ1n) is 15.3. The maximum Gasteiger partial charge on any atom is 0.326 e. The molecule has 0 spiro atoms. The smallest absolute Gasteiger partial charge is 0.326 e. The molecule has 1 saturated carbocycles. The van der Waals surface area contributed by atoms with E-state index in [1.54, 1.807) is 29.2 Å². The number of carbonyl (C=O) groups excluding carboxylic acids is 3. The number of hydrogen-bond acceptors (Lipinski definition) is 7. The van der Waals surface area contributed by atoms with Crippen LogP contribution in [0.3, 0.4) is 0 Å². The van der Waals surface area contributed by atoms with Crippen LogP contribution < -0.4 is 20.3 Å². The molecule has 248 valence electrons. The number of hydrogen-bond donors (Lipinski definition) is 4. The summed E-state index contributed by atoms with van der Waals surface area (Å²) in [6.07, 6.45) is 2.39. The average Bonchev–Trinajstić information content (AvgIpc) is 3.60. The maximum absolute atomic E-state index is 13.6. The monoisotopic (exact) mass is 667 g/mol. The van der Waals surface area contributed by atoms with Crippen LogP contribution in [0.1, 0.15) is 49.0 Å². The van der Waals surface area contributed by atoms with Gasteiger partial charge in [-0.2, -0.15) is 0 Å². The molecule has 1 unspecified atom stereocenters. The van der Waals surface area contributed by atoms with Gasteiger partial charge in [0.1, 0.15) is 28.7 Å². The van der Waals surface area contributed by atoms with Crippen LogP contribution in [0.2, 0.25) is 0 Å². The average molecular weight is 668 g/mol. The van der Waals surface area contributed by atoms with E-state index < -0.39 is 52.9 Å². The zero-order valence-electron chi connectivity index (χ0n) is 25.3. The van der Waals surface area contributed by atoms with Crippen LogP contribution in [0.5, 0.6) is 5.75 Å². The van der Waals surface area contributed by atoms with Crippen molar-refractivity contribution in [1.29, 1.82) is 0 Å². The number of aliphatic hydroxyl groups excluding tert-OH is 1. The number of carboxylic acids is 1. The van der Waals surface area contributed by atoms with Crippen LogP contribution >= 0.6 is 11.8 Å². The van der Waals surface area contributed by atoms with Crippen LogP contribution in [-0.4, -0.2) is 64.1 Å². The highest BCUT2D eigenvalue weighted by molar-refractivity contribution is 8.00. The number of carboxylic acid groups (broad SMARTS) is 1. The van der Waals surface area contributed by atoms with Crippen molar-refractivity contribution in [3.05, 3.63) is 95.6 Å². The van der Waals surface area contributed by atoms with Crippen molar-refractivity contribution >= 4 is 41.1 Å². The van der Waals surface area contributed by atoms with E-state index in [0.717, 1.165) is 31.2 Å². The summed E-state index contributed by atoms with van der Waals surface area (Å²) in [6.45, 7) is -0.775. The summed E-state index contributed by atoms with van der Waals surface area (Å²) in [5, 5.41) is 24.5. The molecular formula is C34H35F2N3O7S. The molecule has 2 aliphatic rings. The second-order valence-corrected chi connectivity index (χ2v) is 12.7. The lowest BCUT2D eigenvalue weighted by Crippen LogP contribution is -2.57. The van der Waals surface area contributed by atoms with E-state index in [4.69, 9.17) is 4.74 Å². The van der Waals surface area contributed by atoms with Crippen molar-refractivity contribution in [1.82, 2.24) is 10.6 Å². The fourth-order valence-corrected chi connectivity index (χ4v) is 7.15. The number of aliphatic carboxylic acids is 1. The number of halogens is 2.